The van der Waals surface area contributed by atoms with Crippen molar-refractivity contribution in [3.8, 4) is 11.5 Å². The second-order valence-electron chi connectivity index (χ2n) is 6.02. The Morgan fingerprint density at radius 2 is 2.26 bits per heavy atom. The molecule has 1 aromatic carbocycles. The Hall–Kier alpha value is -1.72. The average Bonchev–Trinajstić information content (AvgIpc) is 2.96. The third-order valence-corrected chi connectivity index (χ3v) is 4.38. The number of carbonyl (C=O) groups excluding carboxylic acids is 1. The number of rotatable bonds is 4. The van der Waals surface area contributed by atoms with Gasteiger partial charge in [0, 0.05) is 19.2 Å². The van der Waals surface area contributed by atoms with Crippen molar-refractivity contribution >= 4 is 23.6 Å². The van der Waals surface area contributed by atoms with Gasteiger partial charge in [-0.05, 0) is 49.7 Å². The summed E-state index contributed by atoms with van der Waals surface area (Å²) in [5, 5.41) is 3.45. The highest BCUT2D eigenvalue weighted by Gasteiger charge is 2.19. The largest absolute Gasteiger partial charge is 0.486 e. The number of hydrogen-bond donors (Lipinski definition) is 1. The van der Waals surface area contributed by atoms with Crippen molar-refractivity contribution in [1.82, 2.24) is 10.2 Å². The summed E-state index contributed by atoms with van der Waals surface area (Å²) in [6, 6.07) is 3.60. The van der Waals surface area contributed by atoms with Crippen molar-refractivity contribution in [2.75, 3.05) is 39.9 Å². The van der Waals surface area contributed by atoms with Gasteiger partial charge in [-0.3, -0.25) is 4.79 Å². The van der Waals surface area contributed by atoms with Gasteiger partial charge >= 0.3 is 0 Å². The molecule has 0 aliphatic carbocycles. The molecule has 2 aliphatic heterocycles. The van der Waals surface area contributed by atoms with E-state index in [0.717, 1.165) is 31.6 Å². The minimum atomic E-state index is -0.0921. The summed E-state index contributed by atoms with van der Waals surface area (Å²) in [5.41, 5.74) is 0.815. The summed E-state index contributed by atoms with van der Waals surface area (Å²) in [6.07, 6.45) is 4.40. The van der Waals surface area contributed by atoms with Crippen LogP contribution in [0.5, 0.6) is 11.5 Å². The van der Waals surface area contributed by atoms with Gasteiger partial charge in [-0.25, -0.2) is 0 Å². The maximum Gasteiger partial charge on any atom is 0.244 e. The number of benzene rings is 1. The van der Waals surface area contributed by atoms with Crippen LogP contribution >= 0.6 is 11.6 Å². The summed E-state index contributed by atoms with van der Waals surface area (Å²) < 4.78 is 11.0. The molecule has 1 fully saturated rings. The monoisotopic (exact) mass is 336 g/mol. The SMILES string of the molecule is CN1CC[C@H](CNC(=O)/C=C\c2cc(Cl)c3c(c2)OCCO3)C1. The lowest BCUT2D eigenvalue weighted by atomic mass is 10.1. The highest BCUT2D eigenvalue weighted by molar-refractivity contribution is 6.32. The van der Waals surface area contributed by atoms with Gasteiger partial charge in [-0.15, -0.1) is 0 Å². The molecule has 23 heavy (non-hydrogen) atoms. The van der Waals surface area contributed by atoms with Gasteiger partial charge in [0.15, 0.2) is 11.5 Å². The van der Waals surface area contributed by atoms with Crippen LogP contribution in [0.3, 0.4) is 0 Å². The molecule has 0 bridgehead atoms. The third kappa shape index (κ3) is 4.18. The first-order valence-electron chi connectivity index (χ1n) is 7.85. The summed E-state index contributed by atoms with van der Waals surface area (Å²) in [5.74, 6) is 1.65. The molecule has 3 rings (SSSR count). The van der Waals surface area contributed by atoms with Gasteiger partial charge in [0.05, 0.1) is 5.02 Å². The summed E-state index contributed by atoms with van der Waals surface area (Å²) in [7, 11) is 2.10. The van der Waals surface area contributed by atoms with Gasteiger partial charge in [0.1, 0.15) is 13.2 Å². The van der Waals surface area contributed by atoms with Crippen molar-refractivity contribution in [1.29, 1.82) is 0 Å². The van der Waals surface area contributed by atoms with Crippen molar-refractivity contribution in [3.63, 3.8) is 0 Å². The Morgan fingerprint density at radius 3 is 3.04 bits per heavy atom. The molecule has 0 aromatic heterocycles. The molecule has 6 heteroatoms. The minimum absolute atomic E-state index is 0.0921. The van der Waals surface area contributed by atoms with Crippen LogP contribution in [-0.4, -0.2) is 50.7 Å². The molecular weight excluding hydrogens is 316 g/mol. The van der Waals surface area contributed by atoms with E-state index >= 15 is 0 Å². The van der Waals surface area contributed by atoms with E-state index in [0.29, 0.717) is 35.7 Å². The zero-order valence-electron chi connectivity index (χ0n) is 13.2. The minimum Gasteiger partial charge on any atom is -0.486 e. The van der Waals surface area contributed by atoms with Gasteiger partial charge in [-0.2, -0.15) is 0 Å². The number of likely N-dealkylation sites (tertiary alicyclic amines) is 1. The Kier molecular flexibility index (Phi) is 5.08. The lowest BCUT2D eigenvalue weighted by Gasteiger charge is -2.19. The van der Waals surface area contributed by atoms with E-state index in [1.54, 1.807) is 12.1 Å². The van der Waals surface area contributed by atoms with E-state index in [-0.39, 0.29) is 5.91 Å². The van der Waals surface area contributed by atoms with Crippen LogP contribution in [0.4, 0.5) is 0 Å². The topological polar surface area (TPSA) is 50.8 Å². The molecule has 1 aromatic rings. The van der Waals surface area contributed by atoms with Crippen molar-refractivity contribution in [3.05, 3.63) is 28.8 Å². The normalized spacial score (nSPS) is 20.9. The predicted octanol–water partition coefficient (Wildman–Crippen LogP) is 2.19. The maximum atomic E-state index is 11.9. The first-order valence-corrected chi connectivity index (χ1v) is 8.23. The first-order chi connectivity index (χ1) is 11.1. The molecule has 0 unspecified atom stereocenters. The van der Waals surface area contributed by atoms with Gasteiger partial charge in [0.2, 0.25) is 5.91 Å². The van der Waals surface area contributed by atoms with Crippen molar-refractivity contribution in [2.45, 2.75) is 6.42 Å². The van der Waals surface area contributed by atoms with Gasteiger partial charge in [0.25, 0.3) is 0 Å². The summed E-state index contributed by atoms with van der Waals surface area (Å²) >= 11 is 6.18. The first kappa shape index (κ1) is 16.1. The lowest BCUT2D eigenvalue weighted by molar-refractivity contribution is -0.116. The van der Waals surface area contributed by atoms with E-state index in [2.05, 4.69) is 17.3 Å². The molecule has 1 atom stereocenters. The van der Waals surface area contributed by atoms with E-state index in [4.69, 9.17) is 21.1 Å². The number of halogens is 1. The van der Waals surface area contributed by atoms with Crippen LogP contribution < -0.4 is 14.8 Å². The van der Waals surface area contributed by atoms with Gasteiger partial charge in [-0.1, -0.05) is 11.6 Å². The van der Waals surface area contributed by atoms with Crippen molar-refractivity contribution < 1.29 is 14.3 Å². The van der Waals surface area contributed by atoms with E-state index in [1.165, 1.54) is 6.08 Å². The maximum absolute atomic E-state index is 11.9. The summed E-state index contributed by atoms with van der Waals surface area (Å²) in [4.78, 5) is 14.2. The predicted molar refractivity (Wildman–Crippen MR) is 90.1 cm³/mol. The third-order valence-electron chi connectivity index (χ3n) is 4.10. The molecule has 2 aliphatic rings. The molecule has 0 spiro atoms. The fourth-order valence-electron chi connectivity index (χ4n) is 2.90. The van der Waals surface area contributed by atoms with E-state index in [9.17, 15) is 4.79 Å². The van der Waals surface area contributed by atoms with Crippen LogP contribution in [0.1, 0.15) is 12.0 Å². The number of ether oxygens (including phenoxy) is 2. The highest BCUT2D eigenvalue weighted by atomic mass is 35.5. The standard InChI is InChI=1S/C17H21ClN2O3/c1-20-5-4-13(11-20)10-19-16(21)3-2-12-8-14(18)17-15(9-12)22-6-7-23-17/h2-3,8-9,13H,4-7,10-11H2,1H3,(H,19,21)/b3-2-/t13-/m1/s1. The average molecular weight is 337 g/mol. The molecular formula is C17H21ClN2O3. The number of nitrogens with one attached hydrogen (secondary N) is 1. The smallest absolute Gasteiger partial charge is 0.244 e. The molecule has 1 N–H and O–H groups in total. The fraction of sp³-hybridized carbons (Fsp3) is 0.471. The number of fused-ring (bicyclic) bond motifs is 1. The van der Waals surface area contributed by atoms with Gasteiger partial charge < -0.3 is 19.7 Å². The molecule has 0 radical (unpaired) electrons. The highest BCUT2D eigenvalue weighted by Crippen LogP contribution is 2.38. The van der Waals surface area contributed by atoms with Crippen LogP contribution in [0.2, 0.25) is 5.02 Å². The Morgan fingerprint density at radius 1 is 1.43 bits per heavy atom. The quantitative estimate of drug-likeness (QED) is 0.856. The number of hydrogen-bond acceptors (Lipinski definition) is 4. The second kappa shape index (κ2) is 7.23. The van der Waals surface area contributed by atoms with E-state index in [1.807, 2.05) is 6.07 Å². The Bertz CT molecular complexity index is 618. The Balaban J connectivity index is 1.57. The second-order valence-corrected chi connectivity index (χ2v) is 6.43. The van der Waals surface area contributed by atoms with Crippen LogP contribution in [0.25, 0.3) is 6.08 Å². The van der Waals surface area contributed by atoms with Crippen LogP contribution in [0, 0.1) is 5.92 Å². The number of carbonyl (C=O) groups is 1. The van der Waals surface area contributed by atoms with E-state index < -0.39 is 0 Å². The molecule has 124 valence electrons. The zero-order chi connectivity index (χ0) is 16.2. The number of amides is 1. The molecule has 5 nitrogen and oxygen atoms in total. The lowest BCUT2D eigenvalue weighted by Crippen LogP contribution is -2.29. The molecule has 1 amide bonds. The summed E-state index contributed by atoms with van der Waals surface area (Å²) in [6.45, 7) is 3.87. The molecule has 2 heterocycles. The number of nitrogens with zero attached hydrogens (tertiary/aromatic N) is 1. The fourth-order valence-corrected chi connectivity index (χ4v) is 3.17. The Labute approximate surface area is 141 Å². The van der Waals surface area contributed by atoms with Crippen LogP contribution in [0.15, 0.2) is 18.2 Å². The van der Waals surface area contributed by atoms with Crippen LogP contribution in [-0.2, 0) is 4.79 Å². The molecule has 0 saturated carbocycles. The molecule has 1 saturated heterocycles. The van der Waals surface area contributed by atoms with Crippen molar-refractivity contribution in [2.24, 2.45) is 5.92 Å². The zero-order valence-corrected chi connectivity index (χ0v) is 13.9.